The number of aromatic hydroxyl groups is 2. The molecule has 2 bridgehead atoms. The summed E-state index contributed by atoms with van der Waals surface area (Å²) < 4.78 is 36.9. The third-order valence-electron chi connectivity index (χ3n) is 19.0. The predicted octanol–water partition coefficient (Wildman–Crippen LogP) is 8.12. The number of hydrogen-bond donors (Lipinski definition) is 7. The monoisotopic (exact) mass is 1240 g/mol. The molecule has 7 N–H and O–H groups in total. The lowest BCUT2D eigenvalue weighted by molar-refractivity contribution is -0.346. The minimum Gasteiger partial charge on any atom is -0.508 e. The van der Waals surface area contributed by atoms with Crippen molar-refractivity contribution in [3.05, 3.63) is 136 Å². The van der Waals surface area contributed by atoms with Gasteiger partial charge in [0.25, 0.3) is 0 Å². The number of aromatic nitrogens is 2. The number of nitrogens with zero attached hydrogens (tertiary/aromatic N) is 3. The number of ketones is 1. The fourth-order valence-corrected chi connectivity index (χ4v) is 14.2. The molecule has 4 fully saturated rings. The van der Waals surface area contributed by atoms with Crippen LogP contribution in [0.2, 0.25) is 0 Å². The van der Waals surface area contributed by atoms with Gasteiger partial charge in [0.15, 0.2) is 11.4 Å². The van der Waals surface area contributed by atoms with Crippen molar-refractivity contribution in [3.63, 3.8) is 0 Å². The van der Waals surface area contributed by atoms with Gasteiger partial charge in [-0.05, 0) is 99.1 Å². The van der Waals surface area contributed by atoms with Crippen molar-refractivity contribution in [2.24, 2.45) is 16.7 Å². The quantitative estimate of drug-likeness (QED) is 0.0313. The average Bonchev–Trinajstić information content (AvgIpc) is 0.811. The Bertz CT molecular complexity index is 3590. The summed E-state index contributed by atoms with van der Waals surface area (Å²) in [5, 5.41) is 70.5. The van der Waals surface area contributed by atoms with Crippen LogP contribution in [0.4, 0.5) is 9.59 Å². The van der Waals surface area contributed by atoms with Crippen molar-refractivity contribution in [2.75, 3.05) is 32.8 Å². The lowest BCUT2D eigenvalue weighted by Gasteiger charge is -2.67. The van der Waals surface area contributed by atoms with Crippen molar-refractivity contribution >= 4 is 35.9 Å². The van der Waals surface area contributed by atoms with Crippen LogP contribution in [0, 0.1) is 23.7 Å². The normalized spacial score (nSPS) is 27.1. The number of H-pyrrole nitrogens is 1. The van der Waals surface area contributed by atoms with E-state index in [0.717, 1.165) is 29.3 Å². The van der Waals surface area contributed by atoms with Crippen LogP contribution in [0.3, 0.4) is 0 Å². The van der Waals surface area contributed by atoms with Crippen LogP contribution in [-0.4, -0.2) is 168 Å². The number of Topliss-reactive ketones (excluding diaryl/α,β-unsaturated/α-hetero) is 1. The van der Waals surface area contributed by atoms with E-state index in [0.29, 0.717) is 42.0 Å². The molecule has 2 aliphatic heterocycles. The highest BCUT2D eigenvalue weighted by atomic mass is 16.6. The Labute approximate surface area is 522 Å². The number of fused-ring (bicyclic) bond motifs is 5. The minimum atomic E-state index is -2.46. The Kier molecular flexibility index (Phi) is 17.7. The number of rotatable bonds is 14. The molecule has 1 aromatic heterocycles. The minimum absolute atomic E-state index is 0.00174. The average molecular weight is 1240 g/mol. The molecule has 2 amide bonds. The summed E-state index contributed by atoms with van der Waals surface area (Å²) in [4.78, 5) is 90.9. The van der Waals surface area contributed by atoms with Gasteiger partial charge in [0.05, 0.1) is 29.6 Å². The van der Waals surface area contributed by atoms with Gasteiger partial charge in [-0.15, -0.1) is 0 Å². The van der Waals surface area contributed by atoms with E-state index < -0.39 is 119 Å². The van der Waals surface area contributed by atoms with Crippen LogP contribution < -0.4 is 5.32 Å². The van der Waals surface area contributed by atoms with Gasteiger partial charge >= 0.3 is 30.1 Å². The molecule has 0 unspecified atom stereocenters. The number of phenolic OH excluding ortho intramolecular Hbond substituents is 2. The number of aliphatic hydroxyl groups excluding tert-OH is 2. The van der Waals surface area contributed by atoms with Crippen LogP contribution in [0.15, 0.2) is 108 Å². The summed E-state index contributed by atoms with van der Waals surface area (Å²) in [5.74, 6) is -5.63. The zero-order chi connectivity index (χ0) is 65.2. The lowest BCUT2D eigenvalue weighted by Crippen LogP contribution is -2.81. The lowest BCUT2D eigenvalue weighted by atomic mass is 9.44. The molecule has 4 aromatic carbocycles. The first-order valence-electron chi connectivity index (χ1n) is 30.4. The maximum Gasteiger partial charge on any atom is 0.410 e. The number of aliphatic hydroxyl groups is 3. The van der Waals surface area contributed by atoms with Crippen molar-refractivity contribution in [1.29, 1.82) is 0 Å². The van der Waals surface area contributed by atoms with Gasteiger partial charge in [-0.25, -0.2) is 19.2 Å². The summed E-state index contributed by atoms with van der Waals surface area (Å²) in [6.45, 7) is 19.1. The standard InChI is InChI=1S/C68H81N5O17/c1-36(2)44-30-45(47(76)31-46(44)75)54-51(38(4)70-71-54)41-24-22-40(23-25-41)34-72-26-28-73(29-27-72)63(83)87-56(53(42-18-14-12-15-19-42)69-62(82)90-64(6,7)8)61(81)86-48-33-68(84)59(88-60(80)43-20-16-13-17-21-43)57-66(11,58(79)55(78)52(37(48)3)65(68,9)10)49(77)32-50-67(57,35-85-50)89-39(5)74/h12-25,30-31,36,48-50,53,55-57,59,75-78,84H,26-29,32-35H2,1-11H3,(H,69,82)(H,70,71)/t48-,49-,50+,53-,55+,56+,57-,59-,66+,67-,68+/m0/s1. The highest BCUT2D eigenvalue weighted by Gasteiger charge is 2.78. The first-order chi connectivity index (χ1) is 42.4. The van der Waals surface area contributed by atoms with Gasteiger partial charge in [-0.1, -0.05) is 100 Å². The van der Waals surface area contributed by atoms with Crippen LogP contribution in [0.5, 0.6) is 11.5 Å². The molecule has 5 aromatic rings. The Balaban J connectivity index is 0.952. The number of amides is 2. The van der Waals surface area contributed by atoms with E-state index in [1.165, 1.54) is 36.9 Å². The topological polar surface area (TPSA) is 306 Å². The molecule has 22 nitrogen and oxygen atoms in total. The highest BCUT2D eigenvalue weighted by molar-refractivity contribution is 5.94. The van der Waals surface area contributed by atoms with Crippen LogP contribution >= 0.6 is 0 Å². The van der Waals surface area contributed by atoms with E-state index in [1.54, 1.807) is 89.2 Å². The zero-order valence-corrected chi connectivity index (χ0v) is 52.6. The molecule has 5 aliphatic rings. The number of aryl methyl sites for hydroxylation is 1. The van der Waals surface area contributed by atoms with E-state index in [9.17, 15) is 44.7 Å². The summed E-state index contributed by atoms with van der Waals surface area (Å²) in [6, 6.07) is 25.6. The molecular formula is C68H81N5O17. The maximum absolute atomic E-state index is 15.5. The summed E-state index contributed by atoms with van der Waals surface area (Å²) in [6.07, 6.45) is -12.9. The molecule has 11 atom stereocenters. The number of carbonyl (C=O) groups excluding carboxylic acids is 6. The van der Waals surface area contributed by atoms with Gasteiger partial charge in [0.1, 0.15) is 58.9 Å². The second-order valence-electron chi connectivity index (χ2n) is 26.5. The zero-order valence-electron chi connectivity index (χ0n) is 52.6. The van der Waals surface area contributed by atoms with Crippen LogP contribution in [0.1, 0.15) is 127 Å². The van der Waals surface area contributed by atoms with Gasteiger partial charge in [-0.2, -0.15) is 5.10 Å². The first kappa shape index (κ1) is 64.8. The number of hydrogen-bond acceptors (Lipinski definition) is 19. The summed E-state index contributed by atoms with van der Waals surface area (Å²) in [7, 11) is 0. The molecule has 10 rings (SSSR count). The molecular weight excluding hydrogens is 1160 g/mol. The number of aromatic amines is 1. The number of ether oxygens (including phenoxy) is 6. The van der Waals surface area contributed by atoms with Crippen molar-refractivity contribution in [3.8, 4) is 33.9 Å². The molecule has 22 heteroatoms. The number of nitrogens with one attached hydrogen (secondary N) is 2. The number of benzene rings is 4. The van der Waals surface area contributed by atoms with E-state index in [2.05, 4.69) is 20.4 Å². The maximum atomic E-state index is 15.5. The summed E-state index contributed by atoms with van der Waals surface area (Å²) >= 11 is 0. The second-order valence-corrected chi connectivity index (χ2v) is 26.5. The van der Waals surface area contributed by atoms with Crippen molar-refractivity contribution < 1.29 is 82.7 Å². The largest absolute Gasteiger partial charge is 0.508 e. The fourth-order valence-electron chi connectivity index (χ4n) is 14.2. The highest BCUT2D eigenvalue weighted by Crippen LogP contribution is 2.64. The molecule has 3 heterocycles. The Morgan fingerprint density at radius 1 is 0.867 bits per heavy atom. The number of carbonyl (C=O) groups is 6. The number of esters is 3. The molecule has 0 radical (unpaired) electrons. The SMILES string of the molecule is CC(=O)O[C@@]12CO[C@@H]1C[C@H](O)[C@@]1(C)C(=O)[C@H](O)C3=C(C)[C@@H](OC(=O)[C@H](OC(=O)N4CCN(Cc5ccc(-c6c(-c7cc(C(C)C)c(O)cc7O)n[nH]c6C)cc5)CC4)[C@@H](NC(=O)OC(C)(C)C)c4ccccc4)C[C@@](O)([C@@H](OC(=O)c4ccccc4)[C@H]21)C3(C)C. The molecule has 3 aliphatic carbocycles. The van der Waals surface area contributed by atoms with E-state index >= 15 is 9.59 Å². The van der Waals surface area contributed by atoms with E-state index in [1.807, 2.05) is 45.0 Å². The number of alkyl carbamates (subject to hydrolysis) is 1. The Hall–Kier alpha value is -8.15. The van der Waals surface area contributed by atoms with Crippen molar-refractivity contribution in [2.45, 2.75) is 161 Å². The third-order valence-corrected chi connectivity index (χ3v) is 19.0. The smallest absolute Gasteiger partial charge is 0.410 e. The Morgan fingerprint density at radius 2 is 1.51 bits per heavy atom. The first-order valence-corrected chi connectivity index (χ1v) is 30.4. The van der Waals surface area contributed by atoms with Crippen LogP contribution in [0.25, 0.3) is 22.4 Å². The Morgan fingerprint density at radius 3 is 2.11 bits per heavy atom. The molecule has 90 heavy (non-hydrogen) atoms. The molecule has 2 saturated carbocycles. The molecule has 480 valence electrons. The summed E-state index contributed by atoms with van der Waals surface area (Å²) in [5.41, 5.74) is -3.67. The van der Waals surface area contributed by atoms with Gasteiger partial charge in [-0.3, -0.25) is 19.6 Å². The van der Waals surface area contributed by atoms with Gasteiger partial charge in [0.2, 0.25) is 6.10 Å². The molecule has 0 spiro atoms. The number of piperazine rings is 1. The van der Waals surface area contributed by atoms with Crippen molar-refractivity contribution in [1.82, 2.24) is 25.3 Å². The van der Waals surface area contributed by atoms with Gasteiger partial charge in [0, 0.05) is 80.8 Å². The fraction of sp³-hybridized carbons (Fsp3) is 0.485. The van der Waals surface area contributed by atoms with E-state index in [-0.39, 0.29) is 60.2 Å². The number of phenols is 2. The van der Waals surface area contributed by atoms with Gasteiger partial charge < -0.3 is 64.2 Å². The van der Waals surface area contributed by atoms with Crippen LogP contribution in [-0.2, 0) is 49.3 Å². The predicted molar refractivity (Wildman–Crippen MR) is 326 cm³/mol. The second kappa shape index (κ2) is 24.6. The van der Waals surface area contributed by atoms with E-state index in [4.69, 9.17) is 28.4 Å². The molecule has 2 saturated heterocycles. The third kappa shape index (κ3) is 11.8.